The molecule has 6 aromatic rings. The van der Waals surface area contributed by atoms with Crippen molar-refractivity contribution in [1.29, 1.82) is 0 Å². The molecule has 40 heavy (non-hydrogen) atoms. The maximum atomic E-state index is 13.1. The van der Waals surface area contributed by atoms with Crippen LogP contribution < -0.4 is 16.0 Å². The Kier molecular flexibility index (Phi) is 7.09. The third-order valence-corrected chi connectivity index (χ3v) is 7.45. The largest absolute Gasteiger partial charge is 0.454 e. The van der Waals surface area contributed by atoms with Gasteiger partial charge in [-0.15, -0.1) is 0 Å². The average Bonchev–Trinajstić information content (AvgIpc) is 3.36. The lowest BCUT2D eigenvalue weighted by Crippen LogP contribution is -2.27. The first kappa shape index (κ1) is 25.8. The SMILES string of the molecule is NCC(C(=O)Nc1ccc(N(c2ccncn2)c2cccc3c2oc2ccccc23)cc1)c1ccc(Cl)c(Cl)c1. The van der Waals surface area contributed by atoms with Crippen LogP contribution in [0.4, 0.5) is 22.9 Å². The van der Waals surface area contributed by atoms with Crippen LogP contribution in [0, 0.1) is 0 Å². The first-order chi connectivity index (χ1) is 19.5. The van der Waals surface area contributed by atoms with Gasteiger partial charge in [0, 0.05) is 34.9 Å². The predicted octanol–water partition coefficient (Wildman–Crippen LogP) is 7.83. The van der Waals surface area contributed by atoms with Gasteiger partial charge in [0.2, 0.25) is 5.91 Å². The topological polar surface area (TPSA) is 97.3 Å². The zero-order valence-electron chi connectivity index (χ0n) is 21.1. The number of furan rings is 1. The molecule has 0 saturated carbocycles. The number of fused-ring (bicyclic) bond motifs is 3. The number of aromatic nitrogens is 2. The van der Waals surface area contributed by atoms with Gasteiger partial charge in [-0.3, -0.25) is 9.69 Å². The molecule has 3 N–H and O–H groups in total. The number of halogens is 2. The summed E-state index contributed by atoms with van der Waals surface area (Å²) in [7, 11) is 0. The van der Waals surface area contributed by atoms with Crippen LogP contribution in [0.25, 0.3) is 21.9 Å². The maximum absolute atomic E-state index is 13.1. The quantitative estimate of drug-likeness (QED) is 0.204. The highest BCUT2D eigenvalue weighted by atomic mass is 35.5. The van der Waals surface area contributed by atoms with E-state index in [0.717, 1.165) is 33.3 Å². The summed E-state index contributed by atoms with van der Waals surface area (Å²) in [5.74, 6) is -0.159. The van der Waals surface area contributed by atoms with Crippen LogP contribution in [0.2, 0.25) is 10.0 Å². The number of nitrogens with one attached hydrogen (secondary N) is 1. The second-order valence-electron chi connectivity index (χ2n) is 9.15. The Morgan fingerprint density at radius 1 is 0.925 bits per heavy atom. The van der Waals surface area contributed by atoms with Crippen LogP contribution in [0.3, 0.4) is 0 Å². The van der Waals surface area contributed by atoms with Crippen molar-refractivity contribution >= 4 is 73.9 Å². The van der Waals surface area contributed by atoms with Gasteiger partial charge >= 0.3 is 0 Å². The number of hydrogen-bond acceptors (Lipinski definition) is 6. The van der Waals surface area contributed by atoms with E-state index in [1.807, 2.05) is 77.7 Å². The first-order valence-electron chi connectivity index (χ1n) is 12.6. The molecule has 1 amide bonds. The molecular formula is C31H23Cl2N5O2. The average molecular weight is 568 g/mol. The summed E-state index contributed by atoms with van der Waals surface area (Å²) >= 11 is 12.2. The molecule has 0 aliphatic rings. The monoisotopic (exact) mass is 567 g/mol. The number of rotatable bonds is 7. The van der Waals surface area contributed by atoms with Gasteiger partial charge in [-0.05, 0) is 60.2 Å². The fourth-order valence-corrected chi connectivity index (χ4v) is 5.07. The van der Waals surface area contributed by atoms with Crippen LogP contribution >= 0.6 is 23.2 Å². The second kappa shape index (κ2) is 11.0. The fraction of sp³-hybridized carbons (Fsp3) is 0.0645. The molecule has 7 nitrogen and oxygen atoms in total. The molecule has 198 valence electrons. The molecule has 6 rings (SSSR count). The van der Waals surface area contributed by atoms with Crippen molar-refractivity contribution in [3.8, 4) is 0 Å². The van der Waals surface area contributed by atoms with E-state index in [0.29, 0.717) is 27.1 Å². The molecule has 0 bridgehead atoms. The van der Waals surface area contributed by atoms with Crippen LogP contribution in [-0.4, -0.2) is 22.4 Å². The molecule has 9 heteroatoms. The van der Waals surface area contributed by atoms with Crippen molar-refractivity contribution in [3.05, 3.63) is 119 Å². The van der Waals surface area contributed by atoms with Gasteiger partial charge in [-0.25, -0.2) is 9.97 Å². The standard InChI is InChI=1S/C31H23Cl2N5O2/c32-25-13-8-19(16-26(25)33)24(17-34)31(39)37-20-9-11-21(12-10-20)38(29-14-15-35-18-36-29)27-6-3-5-23-22-4-1-2-7-28(22)40-30(23)27/h1-16,18,24H,17,34H2,(H,37,39). The van der Waals surface area contributed by atoms with Gasteiger partial charge in [0.15, 0.2) is 5.58 Å². The summed E-state index contributed by atoms with van der Waals surface area (Å²) in [4.78, 5) is 23.7. The minimum absolute atomic E-state index is 0.116. The molecule has 0 radical (unpaired) electrons. The van der Waals surface area contributed by atoms with Crippen molar-refractivity contribution in [2.24, 2.45) is 5.73 Å². The number of benzene rings is 4. The summed E-state index contributed by atoms with van der Waals surface area (Å²) in [5.41, 5.74) is 10.5. The Bertz CT molecular complexity index is 1820. The van der Waals surface area contributed by atoms with Crippen molar-refractivity contribution in [2.45, 2.75) is 5.92 Å². The van der Waals surface area contributed by atoms with Crippen LogP contribution in [-0.2, 0) is 4.79 Å². The number of anilines is 4. The second-order valence-corrected chi connectivity index (χ2v) is 9.97. The summed E-state index contributed by atoms with van der Waals surface area (Å²) in [6, 6.07) is 28.4. The van der Waals surface area contributed by atoms with Crippen molar-refractivity contribution in [1.82, 2.24) is 9.97 Å². The van der Waals surface area contributed by atoms with E-state index in [1.165, 1.54) is 6.33 Å². The number of amides is 1. The Balaban J connectivity index is 1.34. The molecule has 0 fully saturated rings. The Morgan fingerprint density at radius 2 is 1.73 bits per heavy atom. The van der Waals surface area contributed by atoms with Gasteiger partial charge in [-0.1, -0.05) is 59.6 Å². The molecule has 2 heterocycles. The van der Waals surface area contributed by atoms with Gasteiger partial charge in [-0.2, -0.15) is 0 Å². The van der Waals surface area contributed by atoms with Gasteiger partial charge in [0.1, 0.15) is 17.7 Å². The molecule has 0 aliphatic heterocycles. The minimum atomic E-state index is -0.586. The normalized spacial score (nSPS) is 12.0. The van der Waals surface area contributed by atoms with Crippen molar-refractivity contribution < 1.29 is 9.21 Å². The first-order valence-corrected chi connectivity index (χ1v) is 13.3. The molecular weight excluding hydrogens is 545 g/mol. The zero-order chi connectivity index (χ0) is 27.6. The third-order valence-electron chi connectivity index (χ3n) is 6.71. The number of nitrogens with zero attached hydrogens (tertiary/aromatic N) is 3. The van der Waals surface area contributed by atoms with E-state index in [2.05, 4.69) is 15.3 Å². The van der Waals surface area contributed by atoms with E-state index in [9.17, 15) is 4.79 Å². The highest BCUT2D eigenvalue weighted by molar-refractivity contribution is 6.42. The lowest BCUT2D eigenvalue weighted by molar-refractivity contribution is -0.117. The lowest BCUT2D eigenvalue weighted by atomic mass is 9.98. The molecule has 1 atom stereocenters. The smallest absolute Gasteiger partial charge is 0.233 e. The van der Waals surface area contributed by atoms with E-state index in [-0.39, 0.29) is 12.5 Å². The maximum Gasteiger partial charge on any atom is 0.233 e. The Hall–Kier alpha value is -4.43. The van der Waals surface area contributed by atoms with Crippen LogP contribution in [0.1, 0.15) is 11.5 Å². The molecule has 0 spiro atoms. The number of carbonyl (C=O) groups excluding carboxylic acids is 1. The molecule has 0 aliphatic carbocycles. The number of para-hydroxylation sites is 2. The zero-order valence-corrected chi connectivity index (χ0v) is 22.6. The molecule has 4 aromatic carbocycles. The van der Waals surface area contributed by atoms with E-state index in [1.54, 1.807) is 24.4 Å². The summed E-state index contributed by atoms with van der Waals surface area (Å²) in [6.07, 6.45) is 3.20. The number of carbonyl (C=O) groups is 1. The molecule has 2 aromatic heterocycles. The highest BCUT2D eigenvalue weighted by Gasteiger charge is 2.22. The van der Waals surface area contributed by atoms with Crippen LogP contribution in [0.5, 0.6) is 0 Å². The molecule has 1 unspecified atom stereocenters. The number of hydrogen-bond donors (Lipinski definition) is 2. The molecule has 0 saturated heterocycles. The van der Waals surface area contributed by atoms with Crippen molar-refractivity contribution in [2.75, 3.05) is 16.8 Å². The lowest BCUT2D eigenvalue weighted by Gasteiger charge is -2.24. The number of nitrogens with two attached hydrogens (primary N) is 1. The van der Waals surface area contributed by atoms with Crippen LogP contribution in [0.15, 0.2) is 108 Å². The van der Waals surface area contributed by atoms with E-state index in [4.69, 9.17) is 33.4 Å². The predicted molar refractivity (Wildman–Crippen MR) is 161 cm³/mol. The van der Waals surface area contributed by atoms with E-state index >= 15 is 0 Å². The summed E-state index contributed by atoms with van der Waals surface area (Å²) < 4.78 is 6.31. The minimum Gasteiger partial charge on any atom is -0.454 e. The van der Waals surface area contributed by atoms with Gasteiger partial charge in [0.25, 0.3) is 0 Å². The van der Waals surface area contributed by atoms with E-state index < -0.39 is 5.92 Å². The fourth-order valence-electron chi connectivity index (χ4n) is 4.77. The van der Waals surface area contributed by atoms with Gasteiger partial charge in [0.05, 0.1) is 21.7 Å². The Morgan fingerprint density at radius 3 is 2.48 bits per heavy atom. The highest BCUT2D eigenvalue weighted by Crippen LogP contribution is 2.41. The van der Waals surface area contributed by atoms with Gasteiger partial charge < -0.3 is 15.5 Å². The van der Waals surface area contributed by atoms with Crippen molar-refractivity contribution in [3.63, 3.8) is 0 Å². The third kappa shape index (κ3) is 4.86. The Labute approximate surface area is 240 Å². The summed E-state index contributed by atoms with van der Waals surface area (Å²) in [5, 5.41) is 5.80. The summed E-state index contributed by atoms with van der Waals surface area (Å²) in [6.45, 7) is 0.116.